The Morgan fingerprint density at radius 1 is 1.53 bits per heavy atom. The molecule has 0 aliphatic heterocycles. The zero-order valence-corrected chi connectivity index (χ0v) is 11.8. The van der Waals surface area contributed by atoms with E-state index in [2.05, 4.69) is 38.0 Å². The van der Waals surface area contributed by atoms with Crippen molar-refractivity contribution in [3.63, 3.8) is 0 Å². The van der Waals surface area contributed by atoms with Crippen molar-refractivity contribution in [1.82, 2.24) is 4.98 Å². The molecule has 0 amide bonds. The van der Waals surface area contributed by atoms with Crippen LogP contribution in [0.15, 0.2) is 18.3 Å². The summed E-state index contributed by atoms with van der Waals surface area (Å²) in [5, 5.41) is 3.39. The maximum atomic E-state index is 5.64. The van der Waals surface area contributed by atoms with Crippen LogP contribution in [-0.2, 0) is 0 Å². The van der Waals surface area contributed by atoms with Crippen molar-refractivity contribution in [3.8, 4) is 0 Å². The van der Waals surface area contributed by atoms with E-state index < -0.39 is 0 Å². The van der Waals surface area contributed by atoms with Gasteiger partial charge in [0.15, 0.2) is 0 Å². The summed E-state index contributed by atoms with van der Waals surface area (Å²) in [7, 11) is 0. The molecule has 0 atom stereocenters. The van der Waals surface area contributed by atoms with Crippen LogP contribution in [0.2, 0.25) is 0 Å². The number of hydrogen-bond donors (Lipinski definition) is 2. The first-order chi connectivity index (χ1) is 7.84. The summed E-state index contributed by atoms with van der Waals surface area (Å²) < 4.78 is 0. The summed E-state index contributed by atoms with van der Waals surface area (Å²) in [6, 6.07) is 3.84. The molecule has 4 heteroatoms. The van der Waals surface area contributed by atoms with Crippen molar-refractivity contribution in [3.05, 3.63) is 24.0 Å². The van der Waals surface area contributed by atoms with Crippen molar-refractivity contribution < 1.29 is 0 Å². The van der Waals surface area contributed by atoms with Gasteiger partial charge in [-0.1, -0.05) is 39.9 Å². The molecule has 3 nitrogen and oxygen atoms in total. The van der Waals surface area contributed by atoms with Gasteiger partial charge < -0.3 is 11.1 Å². The minimum absolute atomic E-state index is 0.212. The third-order valence-electron chi connectivity index (χ3n) is 3.34. The number of nitrogens with zero attached hydrogens (tertiary/aromatic N) is 1. The first kappa shape index (κ1) is 13.9. The average Bonchev–Trinajstić information content (AvgIpc) is 2.26. The normalized spacial score (nSPS) is 11.6. The Morgan fingerprint density at radius 3 is 2.71 bits per heavy atom. The fraction of sp³-hybridized carbons (Fsp3) is 0.538. The first-order valence-electron chi connectivity index (χ1n) is 5.83. The molecule has 0 radical (unpaired) electrons. The maximum Gasteiger partial charge on any atom is 0.124 e. The zero-order valence-electron chi connectivity index (χ0n) is 10.9. The highest BCUT2D eigenvalue weighted by Crippen LogP contribution is 2.26. The SMILES string of the molecule is CC(C)C(C)(C)CNc1cccnc1C(N)=S. The van der Waals surface area contributed by atoms with Gasteiger partial charge in [-0.25, -0.2) is 0 Å². The third kappa shape index (κ3) is 3.66. The number of pyridine rings is 1. The summed E-state index contributed by atoms with van der Waals surface area (Å²) in [6.45, 7) is 9.79. The van der Waals surface area contributed by atoms with Crippen LogP contribution in [0, 0.1) is 11.3 Å². The Morgan fingerprint density at radius 2 is 2.18 bits per heavy atom. The Balaban J connectivity index is 2.79. The van der Waals surface area contributed by atoms with Gasteiger partial charge in [-0.2, -0.15) is 0 Å². The lowest BCUT2D eigenvalue weighted by molar-refractivity contribution is 0.269. The van der Waals surface area contributed by atoms with E-state index in [-0.39, 0.29) is 5.41 Å². The highest BCUT2D eigenvalue weighted by molar-refractivity contribution is 7.80. The molecule has 1 aromatic rings. The molecule has 0 aliphatic carbocycles. The molecule has 0 spiro atoms. The molecule has 0 saturated carbocycles. The van der Waals surface area contributed by atoms with Crippen LogP contribution in [0.1, 0.15) is 33.4 Å². The lowest BCUT2D eigenvalue weighted by Crippen LogP contribution is -2.29. The molecular formula is C13H21N3S. The molecular weight excluding hydrogens is 230 g/mol. The summed E-state index contributed by atoms with van der Waals surface area (Å²) in [4.78, 5) is 4.52. The quantitative estimate of drug-likeness (QED) is 0.790. The number of nitrogens with one attached hydrogen (secondary N) is 1. The van der Waals surface area contributed by atoms with E-state index in [1.165, 1.54) is 0 Å². The van der Waals surface area contributed by atoms with E-state index in [0.29, 0.717) is 16.6 Å². The Bertz CT molecular complexity index is 399. The van der Waals surface area contributed by atoms with Gasteiger partial charge in [0.2, 0.25) is 0 Å². The summed E-state index contributed by atoms with van der Waals surface area (Å²) in [6.07, 6.45) is 1.70. The van der Waals surface area contributed by atoms with Gasteiger partial charge in [-0.15, -0.1) is 0 Å². The van der Waals surface area contributed by atoms with Gasteiger partial charge in [0, 0.05) is 12.7 Å². The minimum atomic E-state index is 0.212. The number of anilines is 1. The smallest absolute Gasteiger partial charge is 0.124 e. The van der Waals surface area contributed by atoms with Crippen molar-refractivity contribution >= 4 is 22.9 Å². The highest BCUT2D eigenvalue weighted by atomic mass is 32.1. The molecule has 17 heavy (non-hydrogen) atoms. The summed E-state index contributed by atoms with van der Waals surface area (Å²) in [5.74, 6) is 0.597. The first-order valence-corrected chi connectivity index (χ1v) is 6.24. The topological polar surface area (TPSA) is 50.9 Å². The number of aromatic nitrogens is 1. The summed E-state index contributed by atoms with van der Waals surface area (Å²) >= 11 is 4.98. The third-order valence-corrected chi connectivity index (χ3v) is 3.53. The highest BCUT2D eigenvalue weighted by Gasteiger charge is 2.22. The molecule has 0 aliphatic rings. The van der Waals surface area contributed by atoms with Crippen LogP contribution < -0.4 is 11.1 Å². The number of rotatable bonds is 5. The van der Waals surface area contributed by atoms with Crippen molar-refractivity contribution in [2.45, 2.75) is 27.7 Å². The van der Waals surface area contributed by atoms with Gasteiger partial charge in [0.1, 0.15) is 10.7 Å². The standard InChI is InChI=1S/C13H21N3S/c1-9(2)13(3,4)8-16-10-6-5-7-15-11(10)12(14)17/h5-7,9,16H,8H2,1-4H3,(H2,14,17). The second kappa shape index (κ2) is 5.45. The van der Waals surface area contributed by atoms with E-state index in [4.69, 9.17) is 18.0 Å². The fourth-order valence-electron chi connectivity index (χ4n) is 1.27. The van der Waals surface area contributed by atoms with Gasteiger partial charge in [0.05, 0.1) is 5.69 Å². The number of nitrogens with two attached hydrogens (primary N) is 1. The molecule has 3 N–H and O–H groups in total. The largest absolute Gasteiger partial charge is 0.388 e. The zero-order chi connectivity index (χ0) is 13.1. The Kier molecular flexibility index (Phi) is 4.46. The van der Waals surface area contributed by atoms with Crippen LogP contribution in [-0.4, -0.2) is 16.5 Å². The second-order valence-electron chi connectivity index (χ2n) is 5.26. The number of thiocarbonyl (C=S) groups is 1. The van der Waals surface area contributed by atoms with Gasteiger partial charge >= 0.3 is 0 Å². The monoisotopic (exact) mass is 251 g/mol. The van der Waals surface area contributed by atoms with E-state index in [1.54, 1.807) is 6.20 Å². The van der Waals surface area contributed by atoms with Crippen LogP contribution >= 0.6 is 12.2 Å². The second-order valence-corrected chi connectivity index (χ2v) is 5.70. The van der Waals surface area contributed by atoms with E-state index in [9.17, 15) is 0 Å². The molecule has 0 bridgehead atoms. The predicted molar refractivity (Wildman–Crippen MR) is 77.2 cm³/mol. The Hall–Kier alpha value is -1.16. The fourth-order valence-corrected chi connectivity index (χ4v) is 1.43. The lowest BCUT2D eigenvalue weighted by atomic mass is 9.81. The minimum Gasteiger partial charge on any atom is -0.388 e. The van der Waals surface area contributed by atoms with Crippen molar-refractivity contribution in [2.24, 2.45) is 17.1 Å². The van der Waals surface area contributed by atoms with Crippen molar-refractivity contribution in [2.75, 3.05) is 11.9 Å². The van der Waals surface area contributed by atoms with Crippen LogP contribution in [0.3, 0.4) is 0 Å². The molecule has 0 saturated heterocycles. The van der Waals surface area contributed by atoms with Crippen molar-refractivity contribution in [1.29, 1.82) is 0 Å². The van der Waals surface area contributed by atoms with Crippen LogP contribution in [0.4, 0.5) is 5.69 Å². The predicted octanol–water partition coefficient (Wildman–Crippen LogP) is 2.81. The Labute approximate surface area is 109 Å². The molecule has 0 unspecified atom stereocenters. The van der Waals surface area contributed by atoms with Gasteiger partial charge in [-0.3, -0.25) is 4.98 Å². The summed E-state index contributed by atoms with van der Waals surface area (Å²) in [5.41, 5.74) is 7.43. The van der Waals surface area contributed by atoms with Crippen LogP contribution in [0.5, 0.6) is 0 Å². The average molecular weight is 251 g/mol. The van der Waals surface area contributed by atoms with E-state index in [1.807, 2.05) is 12.1 Å². The molecule has 94 valence electrons. The van der Waals surface area contributed by atoms with Gasteiger partial charge in [0.25, 0.3) is 0 Å². The van der Waals surface area contributed by atoms with E-state index in [0.717, 1.165) is 12.2 Å². The molecule has 1 aromatic heterocycles. The molecule has 0 aromatic carbocycles. The maximum absolute atomic E-state index is 5.64. The number of hydrogen-bond acceptors (Lipinski definition) is 3. The molecule has 1 heterocycles. The molecule has 0 fully saturated rings. The molecule has 1 rings (SSSR count). The van der Waals surface area contributed by atoms with Gasteiger partial charge in [-0.05, 0) is 23.5 Å². The van der Waals surface area contributed by atoms with E-state index >= 15 is 0 Å². The van der Waals surface area contributed by atoms with Crippen LogP contribution in [0.25, 0.3) is 0 Å². The lowest BCUT2D eigenvalue weighted by Gasteiger charge is -2.30.